The van der Waals surface area contributed by atoms with Crippen LogP contribution in [0.4, 0.5) is 11.4 Å². The smallest absolute Gasteiger partial charge is 0.331 e. The molecule has 6 nitrogen and oxygen atoms in total. The van der Waals surface area contributed by atoms with E-state index in [1.807, 2.05) is 45.0 Å². The Hall–Kier alpha value is -3.15. The molecule has 0 aromatic heterocycles. The fourth-order valence-electron chi connectivity index (χ4n) is 3.32. The van der Waals surface area contributed by atoms with Crippen LogP contribution in [0.5, 0.6) is 5.75 Å². The van der Waals surface area contributed by atoms with E-state index in [1.54, 1.807) is 36.2 Å². The van der Waals surface area contributed by atoms with Crippen LogP contribution in [0.15, 0.2) is 48.5 Å². The van der Waals surface area contributed by atoms with Gasteiger partial charge in [-0.25, -0.2) is 4.79 Å². The lowest BCUT2D eigenvalue weighted by molar-refractivity contribution is -0.134. The molecule has 0 aliphatic carbocycles. The lowest BCUT2D eigenvalue weighted by Gasteiger charge is -2.28. The quantitative estimate of drug-likeness (QED) is 0.587. The molecule has 0 N–H and O–H groups in total. The van der Waals surface area contributed by atoms with Gasteiger partial charge in [0.15, 0.2) is 0 Å². The number of amides is 2. The van der Waals surface area contributed by atoms with Crippen LogP contribution in [-0.2, 0) is 20.8 Å². The molecule has 0 spiro atoms. The Balaban J connectivity index is 1.66. The summed E-state index contributed by atoms with van der Waals surface area (Å²) >= 11 is 0. The molecule has 0 atom stereocenters. The summed E-state index contributed by atoms with van der Waals surface area (Å²) < 4.78 is 5.41. The molecular formula is C23H26N2O4. The number of para-hydroxylation sites is 1. The summed E-state index contributed by atoms with van der Waals surface area (Å²) in [7, 11) is 1.72. The zero-order chi connectivity index (χ0) is 21.2. The Bertz CT molecular complexity index is 929. The maximum atomic E-state index is 12.4. The highest BCUT2D eigenvalue weighted by Gasteiger charge is 2.27. The number of anilines is 2. The lowest BCUT2D eigenvalue weighted by atomic mass is 9.95. The normalized spacial score (nSPS) is 13.7. The van der Waals surface area contributed by atoms with Gasteiger partial charge in [0.2, 0.25) is 11.8 Å². The van der Waals surface area contributed by atoms with Crippen LogP contribution < -0.4 is 14.5 Å². The third-order valence-corrected chi connectivity index (χ3v) is 4.88. The Morgan fingerprint density at radius 3 is 2.34 bits per heavy atom. The summed E-state index contributed by atoms with van der Waals surface area (Å²) in [6.07, 6.45) is 1.07. The number of benzene rings is 2. The van der Waals surface area contributed by atoms with Crippen LogP contribution >= 0.6 is 0 Å². The molecule has 2 amide bonds. The summed E-state index contributed by atoms with van der Waals surface area (Å²) in [6, 6.07) is 14.3. The molecule has 2 aromatic rings. The van der Waals surface area contributed by atoms with Gasteiger partial charge in [-0.3, -0.25) is 9.59 Å². The molecule has 0 saturated carbocycles. The van der Waals surface area contributed by atoms with Gasteiger partial charge < -0.3 is 14.5 Å². The van der Waals surface area contributed by atoms with Gasteiger partial charge in [-0.15, -0.1) is 0 Å². The molecule has 1 aliphatic heterocycles. The van der Waals surface area contributed by atoms with Gasteiger partial charge in [0, 0.05) is 30.3 Å². The van der Waals surface area contributed by atoms with Gasteiger partial charge in [-0.05, 0) is 42.3 Å². The molecule has 0 unspecified atom stereocenters. The van der Waals surface area contributed by atoms with Crippen molar-refractivity contribution in [2.45, 2.75) is 33.6 Å². The van der Waals surface area contributed by atoms with E-state index in [0.717, 1.165) is 11.3 Å². The molecule has 0 saturated heterocycles. The number of aryl methyl sites for hydroxylation is 1. The zero-order valence-electron chi connectivity index (χ0n) is 17.3. The second-order valence-electron chi connectivity index (χ2n) is 8.19. The molecule has 1 heterocycles. The highest BCUT2D eigenvalue weighted by Crippen LogP contribution is 2.28. The Kier molecular flexibility index (Phi) is 5.73. The molecule has 1 aliphatic rings. The van der Waals surface area contributed by atoms with Crippen LogP contribution in [0.2, 0.25) is 0 Å². The van der Waals surface area contributed by atoms with Crippen molar-refractivity contribution in [3.63, 3.8) is 0 Å². The minimum atomic E-state index is -0.512. The monoisotopic (exact) mass is 394 g/mol. The zero-order valence-corrected chi connectivity index (χ0v) is 17.3. The van der Waals surface area contributed by atoms with Crippen molar-refractivity contribution in [2.75, 3.05) is 23.4 Å². The van der Waals surface area contributed by atoms with Crippen molar-refractivity contribution in [3.8, 4) is 5.75 Å². The van der Waals surface area contributed by atoms with E-state index in [1.165, 1.54) is 4.90 Å². The Morgan fingerprint density at radius 1 is 1.03 bits per heavy atom. The van der Waals surface area contributed by atoms with Crippen molar-refractivity contribution in [3.05, 3.63) is 54.1 Å². The summed E-state index contributed by atoms with van der Waals surface area (Å²) in [4.78, 5) is 40.1. The first-order valence-electron chi connectivity index (χ1n) is 9.64. The fraction of sp³-hybridized carbons (Fsp3) is 0.348. The maximum absolute atomic E-state index is 12.4. The third-order valence-electron chi connectivity index (χ3n) is 4.88. The predicted molar refractivity (Wildman–Crippen MR) is 112 cm³/mol. The highest BCUT2D eigenvalue weighted by molar-refractivity contribution is 6.00. The largest absolute Gasteiger partial charge is 0.425 e. The Morgan fingerprint density at radius 2 is 1.69 bits per heavy atom. The minimum absolute atomic E-state index is 0.00970. The number of fused-ring (bicyclic) bond motifs is 1. The van der Waals surface area contributed by atoms with Gasteiger partial charge in [0.05, 0.1) is 0 Å². The summed E-state index contributed by atoms with van der Waals surface area (Å²) in [5.41, 5.74) is 2.04. The molecule has 6 heteroatoms. The van der Waals surface area contributed by atoms with Crippen molar-refractivity contribution < 1.29 is 19.1 Å². The second kappa shape index (κ2) is 8.07. The molecule has 2 aromatic carbocycles. The van der Waals surface area contributed by atoms with Gasteiger partial charge in [0.1, 0.15) is 12.3 Å². The van der Waals surface area contributed by atoms with Gasteiger partial charge in [-0.1, -0.05) is 39.0 Å². The predicted octanol–water partition coefficient (Wildman–Crippen LogP) is 3.58. The number of ether oxygens (including phenoxy) is 1. The molecular weight excluding hydrogens is 368 g/mol. The minimum Gasteiger partial charge on any atom is -0.425 e. The number of nitrogens with zero attached hydrogens (tertiary/aromatic N) is 2. The van der Waals surface area contributed by atoms with Crippen molar-refractivity contribution in [1.82, 2.24) is 0 Å². The van der Waals surface area contributed by atoms with E-state index < -0.39 is 11.4 Å². The Labute approximate surface area is 171 Å². The third kappa shape index (κ3) is 4.65. The lowest BCUT2D eigenvalue weighted by Crippen LogP contribution is -2.40. The number of hydrogen-bond acceptors (Lipinski definition) is 4. The summed E-state index contributed by atoms with van der Waals surface area (Å²) in [5.74, 6) is -0.238. The maximum Gasteiger partial charge on any atom is 0.331 e. The van der Waals surface area contributed by atoms with Crippen molar-refractivity contribution in [2.24, 2.45) is 5.41 Å². The van der Waals surface area contributed by atoms with E-state index in [-0.39, 0.29) is 18.4 Å². The van der Waals surface area contributed by atoms with Crippen LogP contribution in [0.1, 0.15) is 32.8 Å². The highest BCUT2D eigenvalue weighted by atomic mass is 16.5. The number of carbonyl (C=O) groups is 3. The average molecular weight is 394 g/mol. The molecule has 152 valence electrons. The van der Waals surface area contributed by atoms with E-state index >= 15 is 0 Å². The standard InChI is InChI=1S/C23H26N2O4/c1-23(2,3)22(28)24(4)17-10-12-18(13-11-17)29-21(27)15-25-19-8-6-5-7-16(19)9-14-20(25)26/h5-8,10-13H,9,14-15H2,1-4H3. The van der Waals surface area contributed by atoms with Crippen LogP contribution in [0.3, 0.4) is 0 Å². The van der Waals surface area contributed by atoms with E-state index in [4.69, 9.17) is 4.74 Å². The summed E-state index contributed by atoms with van der Waals surface area (Å²) in [5, 5.41) is 0. The van der Waals surface area contributed by atoms with E-state index in [0.29, 0.717) is 24.3 Å². The first-order chi connectivity index (χ1) is 13.7. The first-order valence-corrected chi connectivity index (χ1v) is 9.64. The van der Waals surface area contributed by atoms with Gasteiger partial charge >= 0.3 is 5.97 Å². The van der Waals surface area contributed by atoms with Crippen LogP contribution in [-0.4, -0.2) is 31.4 Å². The SMILES string of the molecule is CN(C(=O)C(C)(C)C)c1ccc(OC(=O)CN2C(=O)CCc3ccccc32)cc1. The first kappa shape index (κ1) is 20.6. The molecule has 29 heavy (non-hydrogen) atoms. The van der Waals surface area contributed by atoms with Crippen molar-refractivity contribution in [1.29, 1.82) is 0 Å². The van der Waals surface area contributed by atoms with Crippen molar-refractivity contribution >= 4 is 29.2 Å². The van der Waals surface area contributed by atoms with E-state index in [9.17, 15) is 14.4 Å². The molecule has 3 rings (SSSR count). The number of carbonyl (C=O) groups excluding carboxylic acids is 3. The van der Waals surface area contributed by atoms with E-state index in [2.05, 4.69) is 0 Å². The molecule has 0 radical (unpaired) electrons. The number of rotatable bonds is 4. The molecule has 0 bridgehead atoms. The fourth-order valence-corrected chi connectivity index (χ4v) is 3.32. The second-order valence-corrected chi connectivity index (χ2v) is 8.19. The van der Waals surface area contributed by atoms with Gasteiger partial charge in [-0.2, -0.15) is 0 Å². The number of esters is 1. The van der Waals surface area contributed by atoms with Gasteiger partial charge in [0.25, 0.3) is 0 Å². The topological polar surface area (TPSA) is 66.9 Å². The number of hydrogen-bond donors (Lipinski definition) is 0. The summed E-state index contributed by atoms with van der Waals surface area (Å²) in [6.45, 7) is 5.45. The molecule has 0 fully saturated rings. The average Bonchev–Trinajstić information content (AvgIpc) is 2.69. The van der Waals surface area contributed by atoms with Crippen LogP contribution in [0, 0.1) is 5.41 Å². The van der Waals surface area contributed by atoms with Crippen LogP contribution in [0.25, 0.3) is 0 Å².